The Hall–Kier alpha value is -1.77. The molecule has 3 N–H and O–H groups in total. The number of anilines is 1. The predicted octanol–water partition coefficient (Wildman–Crippen LogP) is 3.56. The van der Waals surface area contributed by atoms with E-state index in [1.807, 2.05) is 18.2 Å². The van der Waals surface area contributed by atoms with Crippen molar-refractivity contribution >= 4 is 5.69 Å². The average molecular weight is 255 g/mol. The summed E-state index contributed by atoms with van der Waals surface area (Å²) in [6.45, 7) is 2.27. The number of aromatic nitrogens is 2. The van der Waals surface area contributed by atoms with E-state index >= 15 is 0 Å². The van der Waals surface area contributed by atoms with Gasteiger partial charge in [0.1, 0.15) is 0 Å². The Balaban J connectivity index is 1.95. The average Bonchev–Trinajstić information content (AvgIpc) is 2.82. The normalized spacial score (nSPS) is 18.3. The van der Waals surface area contributed by atoms with Crippen LogP contribution in [0.15, 0.2) is 24.3 Å². The Morgan fingerprint density at radius 2 is 2.32 bits per heavy atom. The highest BCUT2D eigenvalue weighted by Gasteiger charge is 2.23. The number of fused-ring (bicyclic) bond motifs is 1. The molecule has 19 heavy (non-hydrogen) atoms. The summed E-state index contributed by atoms with van der Waals surface area (Å²) in [4.78, 5) is 0. The molecule has 0 saturated carbocycles. The highest BCUT2D eigenvalue weighted by molar-refractivity contribution is 5.67. The molecule has 0 bridgehead atoms. The molecule has 0 amide bonds. The third kappa shape index (κ3) is 2.37. The number of aryl methyl sites for hydroxylation is 1. The predicted molar refractivity (Wildman–Crippen MR) is 78.9 cm³/mol. The van der Waals surface area contributed by atoms with Gasteiger partial charge in [-0.25, -0.2) is 0 Å². The summed E-state index contributed by atoms with van der Waals surface area (Å²) in [6.07, 6.45) is 6.17. The second-order valence-corrected chi connectivity index (χ2v) is 5.55. The Bertz CT molecular complexity index is 571. The van der Waals surface area contributed by atoms with Gasteiger partial charge < -0.3 is 5.73 Å². The molecule has 100 valence electrons. The molecule has 0 saturated heterocycles. The molecule has 1 unspecified atom stereocenters. The van der Waals surface area contributed by atoms with Gasteiger partial charge in [-0.1, -0.05) is 31.9 Å². The number of nitrogens with one attached hydrogen (secondary N) is 1. The van der Waals surface area contributed by atoms with Crippen molar-refractivity contribution in [2.24, 2.45) is 5.92 Å². The van der Waals surface area contributed by atoms with Gasteiger partial charge in [-0.15, -0.1) is 0 Å². The standard InChI is InChI=1S/C16H21N3/c1-2-4-11-7-8-15-14(9-11)16(19-18-15)12-5-3-6-13(17)10-12/h3,5-6,10-11H,2,4,7-9,17H2,1H3,(H,18,19). The third-order valence-electron chi connectivity index (χ3n) is 4.11. The van der Waals surface area contributed by atoms with Crippen LogP contribution in [0.3, 0.4) is 0 Å². The molecule has 1 atom stereocenters. The van der Waals surface area contributed by atoms with Crippen LogP contribution in [0, 0.1) is 5.92 Å². The fraction of sp³-hybridized carbons (Fsp3) is 0.438. The van der Waals surface area contributed by atoms with Crippen LogP contribution in [-0.2, 0) is 12.8 Å². The lowest BCUT2D eigenvalue weighted by atomic mass is 9.83. The Morgan fingerprint density at radius 1 is 1.42 bits per heavy atom. The Morgan fingerprint density at radius 3 is 3.11 bits per heavy atom. The number of H-pyrrole nitrogens is 1. The van der Waals surface area contributed by atoms with Gasteiger partial charge in [0.05, 0.1) is 5.69 Å². The molecule has 3 nitrogen and oxygen atoms in total. The van der Waals surface area contributed by atoms with Crippen LogP contribution in [0.5, 0.6) is 0 Å². The van der Waals surface area contributed by atoms with Gasteiger partial charge in [-0.05, 0) is 37.3 Å². The number of hydrogen-bond acceptors (Lipinski definition) is 2. The molecule has 1 aliphatic rings. The molecule has 1 heterocycles. The second kappa shape index (κ2) is 5.08. The van der Waals surface area contributed by atoms with E-state index in [0.29, 0.717) is 0 Å². The zero-order valence-corrected chi connectivity index (χ0v) is 11.4. The van der Waals surface area contributed by atoms with Crippen molar-refractivity contribution in [3.63, 3.8) is 0 Å². The van der Waals surface area contributed by atoms with Gasteiger partial charge in [-0.3, -0.25) is 5.10 Å². The van der Waals surface area contributed by atoms with E-state index in [0.717, 1.165) is 35.7 Å². The maximum Gasteiger partial charge on any atom is 0.0956 e. The van der Waals surface area contributed by atoms with Gasteiger partial charge in [0.2, 0.25) is 0 Å². The van der Waals surface area contributed by atoms with Gasteiger partial charge in [-0.2, -0.15) is 5.10 Å². The number of rotatable bonds is 3. The van der Waals surface area contributed by atoms with Crippen LogP contribution in [0.25, 0.3) is 11.3 Å². The van der Waals surface area contributed by atoms with E-state index in [2.05, 4.69) is 23.2 Å². The van der Waals surface area contributed by atoms with Crippen molar-refractivity contribution in [1.29, 1.82) is 0 Å². The SMILES string of the molecule is CCCC1CCc2[nH]nc(-c3cccc(N)c3)c2C1. The number of nitrogens with zero attached hydrogens (tertiary/aromatic N) is 1. The number of benzene rings is 1. The van der Waals surface area contributed by atoms with Gasteiger partial charge in [0.25, 0.3) is 0 Å². The van der Waals surface area contributed by atoms with Gasteiger partial charge in [0.15, 0.2) is 0 Å². The van der Waals surface area contributed by atoms with Crippen molar-refractivity contribution in [2.75, 3.05) is 5.73 Å². The fourth-order valence-electron chi connectivity index (χ4n) is 3.15. The van der Waals surface area contributed by atoms with Crippen LogP contribution in [0.4, 0.5) is 5.69 Å². The molecule has 0 aliphatic heterocycles. The summed E-state index contributed by atoms with van der Waals surface area (Å²) in [5.41, 5.74) is 11.6. The molecule has 3 rings (SSSR count). The molecular weight excluding hydrogens is 234 g/mol. The van der Waals surface area contributed by atoms with Crippen molar-refractivity contribution in [3.8, 4) is 11.3 Å². The minimum Gasteiger partial charge on any atom is -0.399 e. The van der Waals surface area contributed by atoms with Crippen molar-refractivity contribution < 1.29 is 0 Å². The second-order valence-electron chi connectivity index (χ2n) is 5.55. The molecule has 0 spiro atoms. The fourth-order valence-corrected chi connectivity index (χ4v) is 3.15. The van der Waals surface area contributed by atoms with Gasteiger partial charge in [0, 0.05) is 22.5 Å². The van der Waals surface area contributed by atoms with E-state index in [9.17, 15) is 0 Å². The quantitative estimate of drug-likeness (QED) is 0.824. The topological polar surface area (TPSA) is 54.7 Å². The summed E-state index contributed by atoms with van der Waals surface area (Å²) in [5.74, 6) is 0.815. The summed E-state index contributed by atoms with van der Waals surface area (Å²) in [6, 6.07) is 8.02. The Kier molecular flexibility index (Phi) is 3.28. The first kappa shape index (κ1) is 12.3. The molecule has 1 aromatic heterocycles. The van der Waals surface area contributed by atoms with E-state index < -0.39 is 0 Å². The Labute approximate surface area is 114 Å². The maximum absolute atomic E-state index is 5.88. The van der Waals surface area contributed by atoms with Crippen LogP contribution < -0.4 is 5.73 Å². The lowest BCUT2D eigenvalue weighted by Crippen LogP contribution is -2.13. The lowest BCUT2D eigenvalue weighted by Gasteiger charge is -2.21. The maximum atomic E-state index is 5.88. The molecule has 1 aromatic carbocycles. The zero-order valence-electron chi connectivity index (χ0n) is 11.4. The molecule has 3 heteroatoms. The number of nitrogens with two attached hydrogens (primary N) is 1. The van der Waals surface area contributed by atoms with Gasteiger partial charge >= 0.3 is 0 Å². The van der Waals surface area contributed by atoms with Crippen LogP contribution in [0.2, 0.25) is 0 Å². The minimum absolute atomic E-state index is 0.801. The van der Waals surface area contributed by atoms with E-state index in [-0.39, 0.29) is 0 Å². The van der Waals surface area contributed by atoms with Crippen LogP contribution in [-0.4, -0.2) is 10.2 Å². The van der Waals surface area contributed by atoms with E-state index in [4.69, 9.17) is 5.73 Å². The van der Waals surface area contributed by atoms with Crippen molar-refractivity contribution in [2.45, 2.75) is 39.0 Å². The first-order valence-electron chi connectivity index (χ1n) is 7.20. The van der Waals surface area contributed by atoms with Crippen LogP contribution in [0.1, 0.15) is 37.4 Å². The first-order valence-corrected chi connectivity index (χ1v) is 7.20. The highest BCUT2D eigenvalue weighted by atomic mass is 15.1. The molecule has 1 aliphatic carbocycles. The molecule has 0 fully saturated rings. The summed E-state index contributed by atoms with van der Waals surface area (Å²) in [5, 5.41) is 7.74. The zero-order chi connectivity index (χ0) is 13.2. The summed E-state index contributed by atoms with van der Waals surface area (Å²) >= 11 is 0. The summed E-state index contributed by atoms with van der Waals surface area (Å²) in [7, 11) is 0. The number of aromatic amines is 1. The molecule has 2 aromatic rings. The highest BCUT2D eigenvalue weighted by Crippen LogP contribution is 2.34. The molecule has 0 radical (unpaired) electrons. The van der Waals surface area contributed by atoms with Crippen molar-refractivity contribution in [3.05, 3.63) is 35.5 Å². The van der Waals surface area contributed by atoms with E-state index in [1.165, 1.54) is 30.5 Å². The number of nitrogen functional groups attached to an aromatic ring is 1. The minimum atomic E-state index is 0.801. The van der Waals surface area contributed by atoms with E-state index in [1.54, 1.807) is 0 Å². The summed E-state index contributed by atoms with van der Waals surface area (Å²) < 4.78 is 0. The third-order valence-corrected chi connectivity index (χ3v) is 4.11. The van der Waals surface area contributed by atoms with Crippen LogP contribution >= 0.6 is 0 Å². The lowest BCUT2D eigenvalue weighted by molar-refractivity contribution is 0.421. The smallest absolute Gasteiger partial charge is 0.0956 e. The monoisotopic (exact) mass is 255 g/mol. The molecular formula is C16H21N3. The largest absolute Gasteiger partial charge is 0.399 e. The number of hydrogen-bond donors (Lipinski definition) is 2. The van der Waals surface area contributed by atoms with Crippen molar-refractivity contribution in [1.82, 2.24) is 10.2 Å². The first-order chi connectivity index (χ1) is 9.28.